The van der Waals surface area contributed by atoms with Gasteiger partial charge in [-0.15, -0.1) is 11.6 Å². The summed E-state index contributed by atoms with van der Waals surface area (Å²) in [6.45, 7) is 22.9. The summed E-state index contributed by atoms with van der Waals surface area (Å²) in [5.74, 6) is -0.0743. The van der Waals surface area contributed by atoms with Gasteiger partial charge >= 0.3 is 0 Å². The van der Waals surface area contributed by atoms with E-state index in [0.717, 1.165) is 12.8 Å². The van der Waals surface area contributed by atoms with Crippen molar-refractivity contribution in [3.05, 3.63) is 36.0 Å². The smallest absolute Gasteiger partial charge is 0.200 e. The third-order valence-electron chi connectivity index (χ3n) is 7.16. The fraction of sp³-hybridized carbons (Fsp3) is 0.800. The van der Waals surface area contributed by atoms with Crippen LogP contribution in [0.4, 0.5) is 0 Å². The lowest BCUT2D eigenvalue weighted by molar-refractivity contribution is -0.209. The molecule has 0 bridgehead atoms. The van der Waals surface area contributed by atoms with E-state index in [1.807, 2.05) is 13.8 Å². The molecule has 0 heterocycles. The second-order valence-corrected chi connectivity index (χ2v) is 17.1. The maximum absolute atomic E-state index is 6.61. The molecule has 37 heavy (non-hydrogen) atoms. The van der Waals surface area contributed by atoms with Crippen LogP contribution in [0.1, 0.15) is 82.1 Å². The van der Waals surface area contributed by atoms with Gasteiger partial charge < -0.3 is 23.4 Å². The zero-order chi connectivity index (χ0) is 28.6. The van der Waals surface area contributed by atoms with Gasteiger partial charge in [-0.1, -0.05) is 84.4 Å². The van der Waals surface area contributed by atoms with Gasteiger partial charge in [0.1, 0.15) is 6.79 Å². The Kier molecular flexibility index (Phi) is 18.5. The van der Waals surface area contributed by atoms with Crippen molar-refractivity contribution in [3.63, 3.8) is 0 Å². The van der Waals surface area contributed by atoms with Crippen molar-refractivity contribution < 1.29 is 23.4 Å². The van der Waals surface area contributed by atoms with Gasteiger partial charge in [0.2, 0.25) is 8.32 Å². The standard InChI is InChI=1S/C30H57ClO5Si/c1-23(2)37(24(3)4,25(5)6)35-19-15-13-14-16-27(8)29(34-22-32-11)18-17-26(7)20-28(21-31)36-30(9,10)33-12/h13-16,20,23-25,27-29H,17-19,21-22H2,1-12H3/b15-13-,16-14+,26-20-/t27-,28?,29-/m1/s1. The van der Waals surface area contributed by atoms with Crippen LogP contribution in [-0.4, -0.2) is 59.8 Å². The molecule has 0 rings (SSSR count). The Hall–Kier alpha value is -0.473. The second kappa shape index (κ2) is 18.7. The van der Waals surface area contributed by atoms with Crippen LogP contribution in [0, 0.1) is 5.92 Å². The van der Waals surface area contributed by atoms with Crippen molar-refractivity contribution in [1.29, 1.82) is 0 Å². The normalized spacial score (nSPS) is 16.6. The van der Waals surface area contributed by atoms with Gasteiger partial charge in [0, 0.05) is 20.1 Å². The summed E-state index contributed by atoms with van der Waals surface area (Å²) >= 11 is 6.13. The highest BCUT2D eigenvalue weighted by Crippen LogP contribution is 2.42. The van der Waals surface area contributed by atoms with Gasteiger partial charge in [-0.05, 0) is 50.2 Å². The van der Waals surface area contributed by atoms with Crippen LogP contribution in [0.2, 0.25) is 16.6 Å². The van der Waals surface area contributed by atoms with Gasteiger partial charge in [-0.25, -0.2) is 0 Å². The largest absolute Gasteiger partial charge is 0.412 e. The van der Waals surface area contributed by atoms with Crippen LogP contribution < -0.4 is 0 Å². The van der Waals surface area contributed by atoms with Crippen LogP contribution in [0.25, 0.3) is 0 Å². The molecular formula is C30H57ClO5Si. The summed E-state index contributed by atoms with van der Waals surface area (Å²) in [5, 5.41) is 0. The van der Waals surface area contributed by atoms with E-state index in [4.69, 9.17) is 35.0 Å². The van der Waals surface area contributed by atoms with Crippen LogP contribution in [0.15, 0.2) is 36.0 Å². The maximum Gasteiger partial charge on any atom is 0.200 e. The number of alkyl halides is 1. The second-order valence-electron chi connectivity index (χ2n) is 11.4. The lowest BCUT2D eigenvalue weighted by Gasteiger charge is -2.41. The minimum atomic E-state index is -1.83. The molecule has 5 nitrogen and oxygen atoms in total. The van der Waals surface area contributed by atoms with Crippen LogP contribution in [0.5, 0.6) is 0 Å². The Morgan fingerprint density at radius 2 is 1.54 bits per heavy atom. The summed E-state index contributed by atoms with van der Waals surface area (Å²) < 4.78 is 29.1. The summed E-state index contributed by atoms with van der Waals surface area (Å²) in [6.07, 6.45) is 12.2. The quantitative estimate of drug-likeness (QED) is 0.0490. The first-order chi connectivity index (χ1) is 17.3. The molecule has 0 radical (unpaired) electrons. The molecule has 0 spiro atoms. The van der Waals surface area contributed by atoms with Gasteiger partial charge in [-0.2, -0.15) is 0 Å². The van der Waals surface area contributed by atoms with Gasteiger partial charge in [0.05, 0.1) is 24.7 Å². The molecule has 0 aliphatic rings. The molecule has 0 amide bonds. The van der Waals surface area contributed by atoms with E-state index in [0.29, 0.717) is 29.1 Å². The Bertz CT molecular complexity index is 666. The summed E-state index contributed by atoms with van der Waals surface area (Å²) in [6, 6.07) is 0. The lowest BCUT2D eigenvalue weighted by atomic mass is 9.97. The first kappa shape index (κ1) is 36.5. The minimum absolute atomic E-state index is 0.0397. The number of allylic oxidation sites excluding steroid dienone is 3. The molecule has 0 aromatic rings. The third-order valence-corrected chi connectivity index (χ3v) is 13.5. The van der Waals surface area contributed by atoms with Gasteiger partial charge in [0.15, 0.2) is 5.79 Å². The topological polar surface area (TPSA) is 46.2 Å². The highest BCUT2D eigenvalue weighted by atomic mass is 35.5. The van der Waals surface area contributed by atoms with Crippen molar-refractivity contribution in [3.8, 4) is 0 Å². The van der Waals surface area contributed by atoms with E-state index in [9.17, 15) is 0 Å². The van der Waals surface area contributed by atoms with E-state index >= 15 is 0 Å². The maximum atomic E-state index is 6.61. The minimum Gasteiger partial charge on any atom is -0.412 e. The summed E-state index contributed by atoms with van der Waals surface area (Å²) in [5.41, 5.74) is 2.98. The fourth-order valence-corrected chi connectivity index (χ4v) is 10.7. The Balaban J connectivity index is 5.08. The molecule has 0 fully saturated rings. The Labute approximate surface area is 235 Å². The molecule has 0 aromatic heterocycles. The Morgan fingerprint density at radius 1 is 0.946 bits per heavy atom. The number of rotatable bonds is 20. The van der Waals surface area contributed by atoms with Crippen molar-refractivity contribution in [2.45, 2.75) is 117 Å². The zero-order valence-electron chi connectivity index (χ0n) is 25.8. The van der Waals surface area contributed by atoms with Crippen molar-refractivity contribution >= 4 is 19.9 Å². The van der Waals surface area contributed by atoms with E-state index in [-0.39, 0.29) is 24.9 Å². The van der Waals surface area contributed by atoms with E-state index in [1.165, 1.54) is 5.57 Å². The average molecular weight is 561 g/mol. The number of hydrogen-bond acceptors (Lipinski definition) is 5. The zero-order valence-corrected chi connectivity index (χ0v) is 27.6. The van der Waals surface area contributed by atoms with Crippen LogP contribution in [-0.2, 0) is 23.4 Å². The molecule has 1 unspecified atom stereocenters. The molecule has 3 atom stereocenters. The highest BCUT2D eigenvalue weighted by molar-refractivity contribution is 6.77. The first-order valence-electron chi connectivity index (χ1n) is 13.8. The Morgan fingerprint density at radius 3 is 2.03 bits per heavy atom. The molecule has 7 heteroatoms. The fourth-order valence-electron chi connectivity index (χ4n) is 5.14. The van der Waals surface area contributed by atoms with Crippen molar-refractivity contribution in [2.75, 3.05) is 33.5 Å². The molecule has 0 aliphatic carbocycles. The molecule has 0 aromatic carbocycles. The van der Waals surface area contributed by atoms with Gasteiger partial charge in [-0.3, -0.25) is 0 Å². The van der Waals surface area contributed by atoms with Crippen molar-refractivity contribution in [1.82, 2.24) is 0 Å². The van der Waals surface area contributed by atoms with E-state index in [1.54, 1.807) is 14.2 Å². The molecule has 0 aliphatic heterocycles. The molecule has 0 saturated heterocycles. The van der Waals surface area contributed by atoms with E-state index < -0.39 is 14.1 Å². The highest BCUT2D eigenvalue weighted by Gasteiger charge is 2.44. The van der Waals surface area contributed by atoms with Crippen LogP contribution in [0.3, 0.4) is 0 Å². The van der Waals surface area contributed by atoms with Gasteiger partial charge in [0.25, 0.3) is 0 Å². The molecule has 218 valence electrons. The number of halogens is 1. The summed E-state index contributed by atoms with van der Waals surface area (Å²) in [4.78, 5) is 0. The molecular weight excluding hydrogens is 504 g/mol. The van der Waals surface area contributed by atoms with Crippen molar-refractivity contribution in [2.24, 2.45) is 5.92 Å². The lowest BCUT2D eigenvalue weighted by Crippen LogP contribution is -2.47. The summed E-state index contributed by atoms with van der Waals surface area (Å²) in [7, 11) is 1.45. The van der Waals surface area contributed by atoms with Crippen LogP contribution >= 0.6 is 11.6 Å². The molecule has 0 N–H and O–H groups in total. The first-order valence-corrected chi connectivity index (χ1v) is 16.5. The average Bonchev–Trinajstić information content (AvgIpc) is 2.82. The predicted molar refractivity (Wildman–Crippen MR) is 161 cm³/mol. The number of methoxy groups -OCH3 is 2. The third kappa shape index (κ3) is 13.4. The predicted octanol–water partition coefficient (Wildman–Crippen LogP) is 8.65. The van der Waals surface area contributed by atoms with E-state index in [2.05, 4.69) is 85.8 Å². The number of ether oxygens (including phenoxy) is 4. The number of hydrogen-bond donors (Lipinski definition) is 0. The molecule has 0 saturated carbocycles. The SMILES string of the molecule is COCO[C@H](CC/C(C)=C\C(CCl)OC(C)(C)OC)[C@H](C)/C=C/C=C\CO[Si](C(C)C)(C(C)C)C(C)C. The monoisotopic (exact) mass is 560 g/mol.